The summed E-state index contributed by atoms with van der Waals surface area (Å²) in [5.41, 5.74) is 1.32. The van der Waals surface area contributed by atoms with Crippen molar-refractivity contribution in [2.24, 2.45) is 0 Å². The predicted octanol–water partition coefficient (Wildman–Crippen LogP) is 0.619. The molecule has 1 rings (SSSR count). The predicted molar refractivity (Wildman–Crippen MR) is 56.4 cm³/mol. The van der Waals surface area contributed by atoms with Crippen molar-refractivity contribution in [1.29, 1.82) is 0 Å². The van der Waals surface area contributed by atoms with Crippen LogP contribution in [0.5, 0.6) is 0 Å². The summed E-state index contributed by atoms with van der Waals surface area (Å²) >= 11 is 0.925. The van der Waals surface area contributed by atoms with Crippen LogP contribution in [0.2, 0.25) is 0 Å². The average molecular weight is 258 g/mol. The second kappa shape index (κ2) is 7.40. The van der Waals surface area contributed by atoms with E-state index in [4.69, 9.17) is 0 Å². The van der Waals surface area contributed by atoms with Gasteiger partial charge in [0.15, 0.2) is 0 Å². The Labute approximate surface area is 135 Å². The summed E-state index contributed by atoms with van der Waals surface area (Å²) in [7, 11) is 0. The van der Waals surface area contributed by atoms with Gasteiger partial charge in [-0.15, -0.1) is 0 Å². The summed E-state index contributed by atoms with van der Waals surface area (Å²) in [4.78, 5) is 0. The van der Waals surface area contributed by atoms with Crippen LogP contribution in [0.4, 0.5) is 12.9 Å². The van der Waals surface area contributed by atoms with Crippen molar-refractivity contribution in [2.45, 2.75) is 12.7 Å². The molecule has 0 fully saturated rings. The largest absolute Gasteiger partial charge is 1.00 e. The Morgan fingerprint density at radius 2 is 1.93 bits per heavy atom. The molecule has 0 saturated carbocycles. The Bertz CT molecular complexity index is 304. The van der Waals surface area contributed by atoms with Gasteiger partial charge in [0.2, 0.25) is 0 Å². The molecule has 0 atom stereocenters. The first-order valence-electron chi connectivity index (χ1n) is 4.32. The fourth-order valence-electron chi connectivity index (χ4n) is 1.11. The molecule has 6 heteroatoms. The zero-order valence-electron chi connectivity index (χ0n) is 8.84. The Morgan fingerprint density at radius 1 is 1.27 bits per heavy atom. The monoisotopic (exact) mass is 258 g/mol. The van der Waals surface area contributed by atoms with Crippen LogP contribution in [0.1, 0.15) is 11.1 Å². The zero-order valence-corrected chi connectivity index (χ0v) is 12.8. The number of benzene rings is 1. The maximum absolute atomic E-state index is 11.9. The second-order valence-electron chi connectivity index (χ2n) is 3.21. The molecule has 0 unspecified atom stereocenters. The molecular formula is C9H11BF3KS. The van der Waals surface area contributed by atoms with Crippen molar-refractivity contribution >= 4 is 18.7 Å². The first-order chi connectivity index (χ1) is 6.47. The fraction of sp³-hybridized carbons (Fsp3) is 0.333. The van der Waals surface area contributed by atoms with E-state index in [1.54, 1.807) is 0 Å². The molecule has 0 N–H and O–H groups in total. The minimum absolute atomic E-state index is 0. The van der Waals surface area contributed by atoms with E-state index in [9.17, 15) is 12.9 Å². The molecular weight excluding hydrogens is 247 g/mol. The van der Waals surface area contributed by atoms with Crippen LogP contribution in [0.15, 0.2) is 24.3 Å². The second-order valence-corrected chi connectivity index (χ2v) is 4.24. The Morgan fingerprint density at radius 3 is 2.47 bits per heavy atom. The van der Waals surface area contributed by atoms with Crippen LogP contribution in [-0.2, 0) is 5.75 Å². The number of rotatable bonds is 4. The van der Waals surface area contributed by atoms with Gasteiger partial charge in [0.05, 0.1) is 0 Å². The molecule has 0 aliphatic heterocycles. The van der Waals surface area contributed by atoms with Crippen LogP contribution < -0.4 is 51.4 Å². The maximum atomic E-state index is 11.9. The third-order valence-electron chi connectivity index (χ3n) is 1.66. The number of aryl methyl sites for hydroxylation is 1. The van der Waals surface area contributed by atoms with E-state index in [-0.39, 0.29) is 51.4 Å². The van der Waals surface area contributed by atoms with Crippen molar-refractivity contribution in [2.75, 3.05) is 5.65 Å². The van der Waals surface area contributed by atoms with E-state index >= 15 is 0 Å². The molecule has 15 heavy (non-hydrogen) atoms. The van der Waals surface area contributed by atoms with Gasteiger partial charge in [-0.25, -0.2) is 0 Å². The minimum atomic E-state index is -4.65. The molecule has 0 aromatic heterocycles. The van der Waals surface area contributed by atoms with E-state index in [0.29, 0.717) is 5.75 Å². The molecule has 0 nitrogen and oxygen atoms in total. The average Bonchev–Trinajstić information content (AvgIpc) is 2.01. The Hall–Kier alpha value is 1.06. The van der Waals surface area contributed by atoms with Crippen molar-refractivity contribution in [1.82, 2.24) is 0 Å². The van der Waals surface area contributed by atoms with Crippen LogP contribution in [0, 0.1) is 6.92 Å². The van der Waals surface area contributed by atoms with Gasteiger partial charge >= 0.3 is 58.4 Å². The number of halogens is 3. The van der Waals surface area contributed by atoms with Gasteiger partial charge in [-0.05, 0) is 18.1 Å². The van der Waals surface area contributed by atoms with Gasteiger partial charge in [0, 0.05) is 5.75 Å². The molecule has 1 aromatic rings. The summed E-state index contributed by atoms with van der Waals surface area (Å²) < 4.78 is 35.6. The minimum Gasteiger partial charge on any atom is -0.448 e. The third kappa shape index (κ3) is 7.88. The summed E-state index contributed by atoms with van der Waals surface area (Å²) in [5.74, 6) is 0.433. The van der Waals surface area contributed by atoms with Crippen LogP contribution in [0.3, 0.4) is 0 Å². The molecule has 0 aliphatic carbocycles. The molecule has 0 spiro atoms. The molecule has 0 aliphatic rings. The Kier molecular flexibility index (Phi) is 7.92. The van der Waals surface area contributed by atoms with Gasteiger partial charge < -0.3 is 12.9 Å². The van der Waals surface area contributed by atoms with E-state index in [2.05, 4.69) is 0 Å². The molecule has 0 radical (unpaired) electrons. The SMILES string of the molecule is Cc1cccc(CSC[B-](F)(F)F)c1.[K+]. The van der Waals surface area contributed by atoms with Gasteiger partial charge in [-0.2, -0.15) is 11.8 Å². The molecule has 0 saturated heterocycles. The number of thioether (sulfide) groups is 1. The molecule has 0 amide bonds. The first kappa shape index (κ1) is 16.1. The smallest absolute Gasteiger partial charge is 0.448 e. The Balaban J connectivity index is 0.00000196. The summed E-state index contributed by atoms with van der Waals surface area (Å²) in [6, 6.07) is 7.56. The summed E-state index contributed by atoms with van der Waals surface area (Å²) in [6.45, 7) is -2.71. The van der Waals surface area contributed by atoms with Gasteiger partial charge in [0.1, 0.15) is 0 Å². The maximum Gasteiger partial charge on any atom is 1.00 e. The van der Waals surface area contributed by atoms with Gasteiger partial charge in [-0.3, -0.25) is 0 Å². The van der Waals surface area contributed by atoms with Gasteiger partial charge in [0.25, 0.3) is 0 Å². The van der Waals surface area contributed by atoms with E-state index < -0.39 is 12.6 Å². The topological polar surface area (TPSA) is 0 Å². The number of hydrogen-bond acceptors (Lipinski definition) is 1. The van der Waals surface area contributed by atoms with Crippen LogP contribution in [0.25, 0.3) is 0 Å². The third-order valence-corrected chi connectivity index (χ3v) is 2.81. The zero-order chi connectivity index (χ0) is 10.6. The molecule has 0 bridgehead atoms. The van der Waals surface area contributed by atoms with E-state index in [0.717, 1.165) is 22.9 Å². The fourth-order valence-corrected chi connectivity index (χ4v) is 1.91. The van der Waals surface area contributed by atoms with E-state index in [1.807, 2.05) is 31.2 Å². The van der Waals surface area contributed by atoms with Crippen molar-refractivity contribution in [3.05, 3.63) is 35.4 Å². The summed E-state index contributed by atoms with van der Waals surface area (Å²) in [6.07, 6.45) is 0. The van der Waals surface area contributed by atoms with Crippen LogP contribution >= 0.6 is 11.8 Å². The van der Waals surface area contributed by atoms with Crippen molar-refractivity contribution in [3.8, 4) is 0 Å². The quantitative estimate of drug-likeness (QED) is 0.713. The first-order valence-corrected chi connectivity index (χ1v) is 5.47. The molecule has 0 heterocycles. The van der Waals surface area contributed by atoms with Crippen molar-refractivity contribution in [3.63, 3.8) is 0 Å². The normalized spacial score (nSPS) is 10.9. The van der Waals surface area contributed by atoms with Crippen molar-refractivity contribution < 1.29 is 64.3 Å². The molecule has 78 valence electrons. The number of hydrogen-bond donors (Lipinski definition) is 0. The van der Waals surface area contributed by atoms with E-state index in [1.165, 1.54) is 0 Å². The van der Waals surface area contributed by atoms with Crippen LogP contribution in [-0.4, -0.2) is 12.6 Å². The summed E-state index contributed by atoms with van der Waals surface area (Å²) in [5, 5.41) is 0. The van der Waals surface area contributed by atoms with Gasteiger partial charge in [-0.1, -0.05) is 29.8 Å². The molecule has 1 aromatic carbocycles. The standard InChI is InChI=1S/C9H11BF3S.K/c1-8-3-2-4-9(5-8)6-14-7-10(11,12)13;/h2-5H,6-7H2,1H3;/q-1;+1.